The molecule has 34 heavy (non-hydrogen) atoms. The first-order valence-electron chi connectivity index (χ1n) is 9.34. The summed E-state index contributed by atoms with van der Waals surface area (Å²) in [6.07, 6.45) is -3.49. The van der Waals surface area contributed by atoms with Crippen LogP contribution in [0, 0.1) is 21.4 Å². The van der Waals surface area contributed by atoms with Crippen molar-refractivity contribution in [1.29, 1.82) is 5.26 Å². The van der Waals surface area contributed by atoms with Crippen molar-refractivity contribution in [2.75, 3.05) is 5.43 Å². The highest BCUT2D eigenvalue weighted by Gasteiger charge is 2.33. The zero-order valence-electron chi connectivity index (χ0n) is 16.9. The fourth-order valence-electron chi connectivity index (χ4n) is 2.83. The summed E-state index contributed by atoms with van der Waals surface area (Å²) in [4.78, 5) is 10.2. The molecule has 0 spiro atoms. The Hall–Kier alpha value is -3.81. The number of ether oxygens (including phenoxy) is 1. The number of nitriles is 1. The molecule has 1 N–H and O–H groups in total. The van der Waals surface area contributed by atoms with Gasteiger partial charge in [-0.25, -0.2) is 0 Å². The molecule has 0 saturated heterocycles. The lowest BCUT2D eigenvalue weighted by Crippen LogP contribution is -2.06. The van der Waals surface area contributed by atoms with E-state index in [1.165, 1.54) is 18.3 Å². The summed E-state index contributed by atoms with van der Waals surface area (Å²) < 4.78 is 44.1. The number of hydrogen-bond donors (Lipinski definition) is 1. The summed E-state index contributed by atoms with van der Waals surface area (Å²) in [6, 6.07) is 13.9. The van der Waals surface area contributed by atoms with Crippen LogP contribution in [0.25, 0.3) is 0 Å². The van der Waals surface area contributed by atoms with Crippen molar-refractivity contribution in [3.63, 3.8) is 0 Å². The van der Waals surface area contributed by atoms with Gasteiger partial charge in [-0.05, 0) is 35.9 Å². The Balaban J connectivity index is 1.75. The van der Waals surface area contributed by atoms with Crippen LogP contribution in [0.5, 0.6) is 5.75 Å². The van der Waals surface area contributed by atoms with Crippen molar-refractivity contribution in [3.8, 4) is 11.8 Å². The van der Waals surface area contributed by atoms with Crippen LogP contribution in [0.2, 0.25) is 10.0 Å². The highest BCUT2D eigenvalue weighted by molar-refractivity contribution is 6.37. The number of halogens is 5. The Kier molecular flexibility index (Phi) is 7.61. The van der Waals surface area contributed by atoms with Crippen molar-refractivity contribution in [2.24, 2.45) is 5.10 Å². The van der Waals surface area contributed by atoms with E-state index in [0.717, 1.165) is 6.07 Å². The van der Waals surface area contributed by atoms with E-state index in [9.17, 15) is 23.3 Å². The van der Waals surface area contributed by atoms with E-state index in [0.29, 0.717) is 28.8 Å². The molecule has 0 aliphatic heterocycles. The van der Waals surface area contributed by atoms with Crippen LogP contribution in [-0.2, 0) is 12.8 Å². The number of nitro benzene ring substituents is 1. The number of nitro groups is 1. The normalized spacial score (nSPS) is 11.3. The third kappa shape index (κ3) is 5.95. The summed E-state index contributed by atoms with van der Waals surface area (Å²) in [6.45, 7) is 0.0513. The Morgan fingerprint density at radius 2 is 1.82 bits per heavy atom. The molecule has 3 aromatic rings. The molecule has 0 heterocycles. The Morgan fingerprint density at radius 1 is 1.15 bits per heavy atom. The maximum Gasteiger partial charge on any atom is 0.416 e. The van der Waals surface area contributed by atoms with Gasteiger partial charge in [-0.3, -0.25) is 15.5 Å². The smallest absolute Gasteiger partial charge is 0.416 e. The lowest BCUT2D eigenvalue weighted by molar-refractivity contribution is -0.384. The fraction of sp³-hybridized carbons (Fsp3) is 0.0909. The number of hydrogen-bond acceptors (Lipinski definition) is 6. The maximum atomic E-state index is 12.8. The molecule has 0 fully saturated rings. The van der Waals surface area contributed by atoms with E-state index in [2.05, 4.69) is 16.6 Å². The average molecular weight is 509 g/mol. The lowest BCUT2D eigenvalue weighted by Gasteiger charge is -2.11. The molecule has 0 radical (unpaired) electrons. The van der Waals surface area contributed by atoms with Crippen LogP contribution in [0.15, 0.2) is 59.7 Å². The summed E-state index contributed by atoms with van der Waals surface area (Å²) in [5.41, 5.74) is 1.65. The van der Waals surface area contributed by atoms with Gasteiger partial charge in [0.05, 0.1) is 38.4 Å². The molecule has 12 heteroatoms. The van der Waals surface area contributed by atoms with Crippen LogP contribution < -0.4 is 10.2 Å². The summed E-state index contributed by atoms with van der Waals surface area (Å²) in [5, 5.41) is 24.4. The standard InChI is InChI=1S/C22H13Cl2F3N4O3/c23-17-7-13(8-18(24)21(17)34-12-15-4-2-1-3-14(15)10-28)11-29-30-19-6-5-16(22(25,26)27)9-20(19)31(32)33/h1-9,11,30H,12H2/b29-11-. The highest BCUT2D eigenvalue weighted by atomic mass is 35.5. The first-order valence-corrected chi connectivity index (χ1v) is 10.1. The minimum atomic E-state index is -4.72. The van der Waals surface area contributed by atoms with Gasteiger partial charge in [-0.1, -0.05) is 41.4 Å². The Morgan fingerprint density at radius 3 is 2.44 bits per heavy atom. The van der Waals surface area contributed by atoms with E-state index >= 15 is 0 Å². The Labute approximate surface area is 201 Å². The highest BCUT2D eigenvalue weighted by Crippen LogP contribution is 2.36. The third-order valence-corrected chi connectivity index (χ3v) is 5.01. The topological polar surface area (TPSA) is 101 Å². The van der Waals surface area contributed by atoms with E-state index in [-0.39, 0.29) is 28.1 Å². The number of alkyl halides is 3. The van der Waals surface area contributed by atoms with Crippen molar-refractivity contribution >= 4 is 40.8 Å². The van der Waals surface area contributed by atoms with Gasteiger partial charge in [-0.2, -0.15) is 23.5 Å². The van der Waals surface area contributed by atoms with E-state index in [4.69, 9.17) is 33.2 Å². The van der Waals surface area contributed by atoms with E-state index < -0.39 is 22.4 Å². The van der Waals surface area contributed by atoms with Crippen LogP contribution in [0.3, 0.4) is 0 Å². The SMILES string of the molecule is N#Cc1ccccc1COc1c(Cl)cc(/C=N\Nc2ccc(C(F)(F)F)cc2[N+](=O)[O-])cc1Cl. The molecule has 0 aliphatic carbocycles. The van der Waals surface area contributed by atoms with E-state index in [1.54, 1.807) is 24.3 Å². The molecule has 0 atom stereocenters. The molecule has 0 aliphatic rings. The average Bonchev–Trinajstić information content (AvgIpc) is 2.78. The van der Waals surface area contributed by atoms with Gasteiger partial charge in [0.25, 0.3) is 5.69 Å². The number of benzene rings is 3. The minimum Gasteiger partial charge on any atom is -0.486 e. The van der Waals surface area contributed by atoms with Crippen LogP contribution in [-0.4, -0.2) is 11.1 Å². The second-order valence-electron chi connectivity index (χ2n) is 6.73. The molecular weight excluding hydrogens is 496 g/mol. The van der Waals surface area contributed by atoms with Crippen molar-refractivity contribution < 1.29 is 22.8 Å². The number of nitrogens with zero attached hydrogens (tertiary/aromatic N) is 3. The van der Waals surface area contributed by atoms with Crippen LogP contribution >= 0.6 is 23.2 Å². The Bertz CT molecular complexity index is 1280. The molecule has 0 saturated carbocycles. The zero-order valence-corrected chi connectivity index (χ0v) is 18.4. The molecule has 0 bridgehead atoms. The maximum absolute atomic E-state index is 12.8. The predicted octanol–water partition coefficient (Wildman–Crippen LogP) is 6.82. The summed E-state index contributed by atoms with van der Waals surface area (Å²) in [7, 11) is 0. The van der Waals surface area contributed by atoms with Gasteiger partial charge in [0.15, 0.2) is 5.75 Å². The number of anilines is 1. The molecule has 7 nitrogen and oxygen atoms in total. The molecule has 3 rings (SSSR count). The second-order valence-corrected chi connectivity index (χ2v) is 7.54. The van der Waals surface area contributed by atoms with Gasteiger partial charge in [0.2, 0.25) is 0 Å². The van der Waals surface area contributed by atoms with Crippen molar-refractivity contribution in [2.45, 2.75) is 12.8 Å². The molecule has 0 amide bonds. The molecule has 3 aromatic carbocycles. The van der Waals surface area contributed by atoms with Gasteiger partial charge in [0.1, 0.15) is 12.3 Å². The molecular formula is C22H13Cl2F3N4O3. The first-order chi connectivity index (χ1) is 16.1. The monoisotopic (exact) mass is 508 g/mol. The third-order valence-electron chi connectivity index (χ3n) is 4.45. The second kappa shape index (κ2) is 10.4. The molecule has 0 aromatic heterocycles. The molecule has 174 valence electrons. The zero-order chi connectivity index (χ0) is 24.9. The van der Waals surface area contributed by atoms with Gasteiger partial charge >= 0.3 is 6.18 Å². The molecule has 0 unspecified atom stereocenters. The van der Waals surface area contributed by atoms with E-state index in [1.807, 2.05) is 0 Å². The lowest BCUT2D eigenvalue weighted by atomic mass is 10.1. The van der Waals surface area contributed by atoms with Crippen molar-refractivity contribution in [3.05, 3.63) is 97.0 Å². The fourth-order valence-corrected chi connectivity index (χ4v) is 3.44. The van der Waals surface area contributed by atoms with Gasteiger partial charge in [-0.15, -0.1) is 0 Å². The summed E-state index contributed by atoms with van der Waals surface area (Å²) >= 11 is 12.5. The minimum absolute atomic E-state index is 0.0513. The first kappa shape index (κ1) is 24.8. The largest absolute Gasteiger partial charge is 0.486 e. The van der Waals surface area contributed by atoms with Crippen molar-refractivity contribution in [1.82, 2.24) is 0 Å². The predicted molar refractivity (Wildman–Crippen MR) is 121 cm³/mol. The van der Waals surface area contributed by atoms with Crippen LogP contribution in [0.1, 0.15) is 22.3 Å². The van der Waals surface area contributed by atoms with Gasteiger partial charge in [0, 0.05) is 11.6 Å². The van der Waals surface area contributed by atoms with Gasteiger partial charge < -0.3 is 4.74 Å². The number of nitrogens with one attached hydrogen (secondary N) is 1. The quantitative estimate of drug-likeness (QED) is 0.214. The van der Waals surface area contributed by atoms with Crippen LogP contribution in [0.4, 0.5) is 24.5 Å². The summed E-state index contributed by atoms with van der Waals surface area (Å²) in [5.74, 6) is 0.180. The number of hydrazone groups is 1. The number of rotatable bonds is 7.